The highest BCUT2D eigenvalue weighted by Gasteiger charge is 2.22. The molecule has 0 saturated heterocycles. The molecule has 1 aromatic rings. The highest BCUT2D eigenvalue weighted by molar-refractivity contribution is 7.89. The van der Waals surface area contributed by atoms with Crippen LogP contribution < -0.4 is 4.72 Å². The number of methoxy groups -OCH3 is 1. The number of esters is 1. The topological polar surface area (TPSA) is 81.7 Å². The van der Waals surface area contributed by atoms with Gasteiger partial charge in [-0.2, -0.15) is 0 Å². The molecule has 7 heteroatoms. The van der Waals surface area contributed by atoms with Crippen molar-refractivity contribution < 1.29 is 22.7 Å². The van der Waals surface area contributed by atoms with E-state index in [1.807, 2.05) is 6.92 Å². The number of aryl methyl sites for hydroxylation is 1. The van der Waals surface area contributed by atoms with Gasteiger partial charge in [0.2, 0.25) is 10.0 Å². The first-order valence-corrected chi connectivity index (χ1v) is 8.75. The van der Waals surface area contributed by atoms with E-state index in [9.17, 15) is 13.2 Å². The molecular weight excluding hydrogens is 318 g/mol. The Morgan fingerprint density at radius 2 is 1.91 bits per heavy atom. The molecule has 0 aliphatic rings. The maximum absolute atomic E-state index is 12.4. The number of sulfonamides is 1. The molecule has 0 heterocycles. The average Bonchev–Trinajstić information content (AvgIpc) is 2.50. The zero-order valence-electron chi connectivity index (χ0n) is 13.8. The summed E-state index contributed by atoms with van der Waals surface area (Å²) in [6, 6.07) is 6.00. The maximum Gasteiger partial charge on any atom is 0.330 e. The van der Waals surface area contributed by atoms with Gasteiger partial charge in [-0.25, -0.2) is 17.9 Å². The van der Waals surface area contributed by atoms with Crippen LogP contribution >= 0.6 is 0 Å². The summed E-state index contributed by atoms with van der Waals surface area (Å²) < 4.78 is 37.3. The van der Waals surface area contributed by atoms with E-state index in [1.165, 1.54) is 19.3 Å². The first kappa shape index (κ1) is 19.3. The highest BCUT2D eigenvalue weighted by Crippen LogP contribution is 2.12. The van der Waals surface area contributed by atoms with Crippen molar-refractivity contribution in [1.82, 2.24) is 4.72 Å². The number of nitrogens with one attached hydrogen (secondary N) is 1. The summed E-state index contributed by atoms with van der Waals surface area (Å²) in [6.45, 7) is 5.73. The van der Waals surface area contributed by atoms with Crippen molar-refractivity contribution in [3.8, 4) is 0 Å². The number of ether oxygens (including phenoxy) is 2. The first-order valence-electron chi connectivity index (χ1n) is 7.27. The second-order valence-electron chi connectivity index (χ2n) is 5.03. The quantitative estimate of drug-likeness (QED) is 0.576. The third-order valence-corrected chi connectivity index (χ3v) is 4.72. The van der Waals surface area contributed by atoms with Crippen LogP contribution in [0.2, 0.25) is 0 Å². The highest BCUT2D eigenvalue weighted by atomic mass is 32.2. The molecule has 0 unspecified atom stereocenters. The number of benzene rings is 1. The molecule has 1 rings (SSSR count). The number of rotatable bonds is 8. The lowest BCUT2D eigenvalue weighted by molar-refractivity contribution is -0.134. The van der Waals surface area contributed by atoms with Gasteiger partial charge in [-0.15, -0.1) is 0 Å². The van der Waals surface area contributed by atoms with Crippen molar-refractivity contribution in [2.75, 3.05) is 13.7 Å². The van der Waals surface area contributed by atoms with Gasteiger partial charge < -0.3 is 9.47 Å². The fraction of sp³-hybridized carbons (Fsp3) is 0.438. The molecule has 0 bridgehead atoms. The number of hydrogen-bond donors (Lipinski definition) is 1. The van der Waals surface area contributed by atoms with E-state index in [4.69, 9.17) is 4.74 Å². The molecule has 0 fully saturated rings. The number of carbonyl (C=O) groups is 1. The van der Waals surface area contributed by atoms with Gasteiger partial charge in [0.25, 0.3) is 0 Å². The van der Waals surface area contributed by atoms with E-state index in [-0.39, 0.29) is 4.90 Å². The molecular formula is C16H23NO5S. The van der Waals surface area contributed by atoms with Crippen LogP contribution in [0, 0.1) is 6.92 Å². The molecule has 0 spiro atoms. The summed E-state index contributed by atoms with van der Waals surface area (Å²) >= 11 is 0. The Labute approximate surface area is 137 Å². The molecule has 0 aliphatic heterocycles. The monoisotopic (exact) mass is 341 g/mol. The van der Waals surface area contributed by atoms with Gasteiger partial charge >= 0.3 is 5.97 Å². The molecule has 1 aromatic carbocycles. The number of hydrogen-bond acceptors (Lipinski definition) is 5. The van der Waals surface area contributed by atoms with Crippen LogP contribution in [0.15, 0.2) is 41.3 Å². The zero-order valence-corrected chi connectivity index (χ0v) is 14.6. The van der Waals surface area contributed by atoms with Crippen molar-refractivity contribution >= 4 is 16.0 Å². The fourth-order valence-electron chi connectivity index (χ4n) is 1.90. The van der Waals surface area contributed by atoms with Crippen molar-refractivity contribution in [2.45, 2.75) is 37.8 Å². The number of carbonyl (C=O) groups excluding carboxylic acids is 1. The van der Waals surface area contributed by atoms with Crippen LogP contribution in [0.1, 0.15) is 19.4 Å². The van der Waals surface area contributed by atoms with Gasteiger partial charge in [0.05, 0.1) is 18.1 Å². The Morgan fingerprint density at radius 3 is 2.43 bits per heavy atom. The second kappa shape index (κ2) is 8.81. The van der Waals surface area contributed by atoms with Crippen LogP contribution in [-0.4, -0.2) is 40.2 Å². The minimum atomic E-state index is -3.66. The minimum absolute atomic E-state index is 0.183. The minimum Gasteiger partial charge on any atom is -0.466 e. The largest absolute Gasteiger partial charge is 0.466 e. The summed E-state index contributed by atoms with van der Waals surface area (Å²) in [5.74, 6) is -0.525. The Hall–Kier alpha value is -1.70. The Kier molecular flexibility index (Phi) is 7.41. The van der Waals surface area contributed by atoms with Crippen LogP contribution in [0.25, 0.3) is 0 Å². The molecule has 6 nitrogen and oxygen atoms in total. The van der Waals surface area contributed by atoms with Crippen molar-refractivity contribution in [1.29, 1.82) is 0 Å². The Bertz CT molecular complexity index is 637. The maximum atomic E-state index is 12.4. The molecule has 23 heavy (non-hydrogen) atoms. The van der Waals surface area contributed by atoms with E-state index in [0.717, 1.165) is 5.56 Å². The molecule has 0 aromatic heterocycles. The standard InChI is InChI=1S/C16H23NO5S/c1-5-22-15(10-11-16(18)21-4)13(3)17-23(19,20)14-8-6-12(2)7-9-14/h6-11,13,15,17H,5H2,1-4H3/b11-10+/t13-,15+/m0/s1. The molecule has 0 saturated carbocycles. The van der Waals surface area contributed by atoms with Crippen LogP contribution in [0.5, 0.6) is 0 Å². The van der Waals surface area contributed by atoms with E-state index < -0.39 is 28.1 Å². The van der Waals surface area contributed by atoms with Crippen molar-refractivity contribution in [3.63, 3.8) is 0 Å². The normalized spacial score (nSPS) is 14.6. The summed E-state index contributed by atoms with van der Waals surface area (Å²) in [4.78, 5) is 11.4. The summed E-state index contributed by atoms with van der Waals surface area (Å²) in [6.07, 6.45) is 2.12. The van der Waals surface area contributed by atoms with Gasteiger partial charge in [0, 0.05) is 18.7 Å². The zero-order chi connectivity index (χ0) is 17.5. The SMILES string of the molecule is CCO[C@H](/C=C/C(=O)OC)[C@H](C)NS(=O)(=O)c1ccc(C)cc1. The first-order chi connectivity index (χ1) is 10.8. The average molecular weight is 341 g/mol. The van der Waals surface area contributed by atoms with E-state index >= 15 is 0 Å². The predicted molar refractivity (Wildman–Crippen MR) is 87.5 cm³/mol. The van der Waals surface area contributed by atoms with Crippen LogP contribution in [-0.2, 0) is 24.3 Å². The lowest BCUT2D eigenvalue weighted by Gasteiger charge is -2.22. The summed E-state index contributed by atoms with van der Waals surface area (Å²) in [5, 5.41) is 0. The second-order valence-corrected chi connectivity index (χ2v) is 6.74. The van der Waals surface area contributed by atoms with Crippen molar-refractivity contribution in [3.05, 3.63) is 42.0 Å². The summed E-state index contributed by atoms with van der Waals surface area (Å²) in [5.41, 5.74) is 0.977. The smallest absolute Gasteiger partial charge is 0.330 e. The lowest BCUT2D eigenvalue weighted by atomic mass is 10.2. The molecule has 0 amide bonds. The molecule has 128 valence electrons. The third kappa shape index (κ3) is 6.13. The van der Waals surface area contributed by atoms with Gasteiger partial charge in [0.1, 0.15) is 0 Å². The van der Waals surface area contributed by atoms with E-state index in [1.54, 1.807) is 38.1 Å². The van der Waals surface area contributed by atoms with Gasteiger partial charge in [0.15, 0.2) is 0 Å². The Morgan fingerprint density at radius 1 is 1.30 bits per heavy atom. The molecule has 0 radical (unpaired) electrons. The van der Waals surface area contributed by atoms with Crippen molar-refractivity contribution in [2.24, 2.45) is 0 Å². The van der Waals surface area contributed by atoms with E-state index in [0.29, 0.717) is 6.61 Å². The fourth-order valence-corrected chi connectivity index (χ4v) is 3.15. The molecule has 2 atom stereocenters. The molecule has 0 aliphatic carbocycles. The van der Waals surface area contributed by atoms with Gasteiger partial charge in [-0.05, 0) is 39.0 Å². The predicted octanol–water partition coefficient (Wildman–Crippen LogP) is 1.80. The Balaban J connectivity index is 2.88. The summed E-state index contributed by atoms with van der Waals surface area (Å²) in [7, 11) is -2.39. The van der Waals surface area contributed by atoms with E-state index in [2.05, 4.69) is 9.46 Å². The molecule has 1 N–H and O–H groups in total. The van der Waals surface area contributed by atoms with Crippen LogP contribution in [0.4, 0.5) is 0 Å². The van der Waals surface area contributed by atoms with Gasteiger partial charge in [-0.1, -0.05) is 17.7 Å². The van der Waals surface area contributed by atoms with Gasteiger partial charge in [-0.3, -0.25) is 0 Å². The van der Waals surface area contributed by atoms with Crippen LogP contribution in [0.3, 0.4) is 0 Å². The third-order valence-electron chi connectivity index (χ3n) is 3.15. The lowest BCUT2D eigenvalue weighted by Crippen LogP contribution is -2.41.